The number of carbonyl (C=O) groups excluding carboxylic acids is 3. The lowest BCUT2D eigenvalue weighted by Gasteiger charge is -2.28. The highest BCUT2D eigenvalue weighted by Gasteiger charge is 2.36. The van der Waals surface area contributed by atoms with E-state index in [0.717, 1.165) is 47.7 Å². The Morgan fingerprint density at radius 2 is 1.73 bits per heavy atom. The molecule has 0 aliphatic heterocycles. The summed E-state index contributed by atoms with van der Waals surface area (Å²) in [5, 5.41) is 6.79. The molecular weight excluding hydrogens is 522 g/mol. The zero-order chi connectivity index (χ0) is 29.6. The van der Waals surface area contributed by atoms with Gasteiger partial charge in [-0.25, -0.2) is 4.79 Å². The molecule has 4 rings (SSSR count). The number of ether oxygens (including phenoxy) is 3. The molecule has 9 heteroatoms. The minimum Gasteiger partial charge on any atom is -0.496 e. The summed E-state index contributed by atoms with van der Waals surface area (Å²) in [5.74, 6) is -0.0143. The summed E-state index contributed by atoms with van der Waals surface area (Å²) in [6.07, 6.45) is 7.35. The topological polar surface area (TPSA) is 108 Å². The van der Waals surface area contributed by atoms with E-state index < -0.39 is 11.5 Å². The molecule has 1 saturated carbocycles. The van der Waals surface area contributed by atoms with Gasteiger partial charge in [0.15, 0.2) is 0 Å². The summed E-state index contributed by atoms with van der Waals surface area (Å²) in [6, 6.07) is 11.2. The zero-order valence-corrected chi connectivity index (χ0v) is 24.7. The Balaban J connectivity index is 1.50. The molecule has 0 saturated heterocycles. The van der Waals surface area contributed by atoms with Gasteiger partial charge in [0, 0.05) is 48.4 Å². The van der Waals surface area contributed by atoms with Gasteiger partial charge in [-0.05, 0) is 80.0 Å². The van der Waals surface area contributed by atoms with E-state index >= 15 is 0 Å². The molecule has 1 heterocycles. The van der Waals surface area contributed by atoms with Crippen LogP contribution in [0.5, 0.6) is 5.75 Å². The molecule has 41 heavy (non-hydrogen) atoms. The van der Waals surface area contributed by atoms with Crippen molar-refractivity contribution in [1.82, 2.24) is 9.88 Å². The average Bonchev–Trinajstić information content (AvgIpc) is 3.60. The number of amides is 2. The zero-order valence-electron chi connectivity index (χ0n) is 24.7. The summed E-state index contributed by atoms with van der Waals surface area (Å²) < 4.78 is 18.3. The monoisotopic (exact) mass is 563 g/mol. The third kappa shape index (κ3) is 6.66. The number of carbonyl (C=O) groups is 3. The number of rotatable bonds is 11. The van der Waals surface area contributed by atoms with Crippen molar-refractivity contribution in [3.05, 3.63) is 59.3 Å². The first-order valence-electron chi connectivity index (χ1n) is 14.3. The summed E-state index contributed by atoms with van der Waals surface area (Å²) in [5.41, 5.74) is 3.37. The minimum atomic E-state index is -0.760. The predicted octanol–water partition coefficient (Wildman–Crippen LogP) is 5.98. The quantitative estimate of drug-likeness (QED) is 0.278. The van der Waals surface area contributed by atoms with Gasteiger partial charge in [-0.1, -0.05) is 19.9 Å². The SMILES string of the molecule is CCC(CC)(CNC(=O)c1ccc(Cc2cn(C)c3ccc(NC(=O)OC4CCCC4)cc23)c(OC)c1)C(=O)OC. The van der Waals surface area contributed by atoms with Crippen LogP contribution < -0.4 is 15.4 Å². The molecule has 2 N–H and O–H groups in total. The molecule has 2 aromatic carbocycles. The van der Waals surface area contributed by atoms with E-state index in [4.69, 9.17) is 14.2 Å². The minimum absolute atomic E-state index is 0.00258. The van der Waals surface area contributed by atoms with Gasteiger partial charge in [0.1, 0.15) is 11.9 Å². The van der Waals surface area contributed by atoms with Gasteiger partial charge in [-0.2, -0.15) is 0 Å². The molecule has 0 radical (unpaired) electrons. The van der Waals surface area contributed by atoms with Crippen molar-refractivity contribution >= 4 is 34.6 Å². The number of methoxy groups -OCH3 is 2. The average molecular weight is 564 g/mol. The predicted molar refractivity (Wildman–Crippen MR) is 158 cm³/mol. The second-order valence-electron chi connectivity index (χ2n) is 10.8. The second-order valence-corrected chi connectivity index (χ2v) is 10.8. The highest BCUT2D eigenvalue weighted by Crippen LogP contribution is 2.31. The fraction of sp³-hybridized carbons (Fsp3) is 0.469. The lowest BCUT2D eigenvalue weighted by atomic mass is 9.82. The lowest BCUT2D eigenvalue weighted by Crippen LogP contribution is -2.43. The molecular formula is C32H41N3O6. The van der Waals surface area contributed by atoms with Crippen molar-refractivity contribution in [3.63, 3.8) is 0 Å². The van der Waals surface area contributed by atoms with Crippen LogP contribution in [0.3, 0.4) is 0 Å². The van der Waals surface area contributed by atoms with E-state index in [1.165, 1.54) is 7.11 Å². The van der Waals surface area contributed by atoms with Gasteiger partial charge < -0.3 is 24.1 Å². The van der Waals surface area contributed by atoms with E-state index in [9.17, 15) is 14.4 Å². The Morgan fingerprint density at radius 1 is 1.00 bits per heavy atom. The number of hydrogen-bond donors (Lipinski definition) is 2. The molecule has 1 fully saturated rings. The second kappa shape index (κ2) is 13.1. The maximum Gasteiger partial charge on any atom is 0.411 e. The third-order valence-corrected chi connectivity index (χ3v) is 8.38. The van der Waals surface area contributed by atoms with Crippen molar-refractivity contribution in [2.24, 2.45) is 12.5 Å². The Labute approximate surface area is 241 Å². The third-order valence-electron chi connectivity index (χ3n) is 8.38. The van der Waals surface area contributed by atoms with Crippen LogP contribution in [0.2, 0.25) is 0 Å². The van der Waals surface area contributed by atoms with Crippen LogP contribution in [0.15, 0.2) is 42.6 Å². The van der Waals surface area contributed by atoms with Crippen molar-refractivity contribution < 1.29 is 28.6 Å². The fourth-order valence-corrected chi connectivity index (χ4v) is 5.66. The van der Waals surface area contributed by atoms with Crippen LogP contribution >= 0.6 is 0 Å². The standard InChI is InChI=1S/C32H41N3O6/c1-6-32(7-2,30(37)40-5)20-33-29(36)22-13-12-21(28(17-22)39-4)16-23-19-35(3)27-15-14-24(18-26(23)27)34-31(38)41-25-10-8-9-11-25/h12-15,17-19,25H,6-11,16,20H2,1-5H3,(H,33,36)(H,34,38). The van der Waals surface area contributed by atoms with E-state index in [0.29, 0.717) is 36.3 Å². The highest BCUT2D eigenvalue weighted by atomic mass is 16.6. The molecule has 220 valence electrons. The van der Waals surface area contributed by atoms with E-state index in [1.807, 2.05) is 45.2 Å². The fourth-order valence-electron chi connectivity index (χ4n) is 5.66. The van der Waals surface area contributed by atoms with Crippen molar-refractivity contribution in [2.75, 3.05) is 26.1 Å². The first-order chi connectivity index (χ1) is 19.7. The number of nitrogens with one attached hydrogen (secondary N) is 2. The van der Waals surface area contributed by atoms with Crippen LogP contribution in [0, 0.1) is 5.41 Å². The van der Waals surface area contributed by atoms with Crippen LogP contribution in [-0.2, 0) is 27.7 Å². The number of fused-ring (bicyclic) bond motifs is 1. The molecule has 0 unspecified atom stereocenters. The van der Waals surface area contributed by atoms with Crippen LogP contribution in [0.1, 0.15) is 73.9 Å². The maximum absolute atomic E-state index is 13.0. The number of aromatic nitrogens is 1. The number of anilines is 1. The first kappa shape index (κ1) is 30.0. The van der Waals surface area contributed by atoms with Gasteiger partial charge in [0.25, 0.3) is 5.91 Å². The van der Waals surface area contributed by atoms with Crippen LogP contribution in [-0.4, -0.2) is 49.4 Å². The smallest absolute Gasteiger partial charge is 0.411 e. The van der Waals surface area contributed by atoms with Gasteiger partial charge in [-0.15, -0.1) is 0 Å². The van der Waals surface area contributed by atoms with Gasteiger partial charge >= 0.3 is 12.1 Å². The van der Waals surface area contributed by atoms with Gasteiger partial charge in [-0.3, -0.25) is 14.9 Å². The van der Waals surface area contributed by atoms with Crippen molar-refractivity contribution in [2.45, 2.75) is 64.9 Å². The normalized spacial score (nSPS) is 13.7. The van der Waals surface area contributed by atoms with E-state index in [-0.39, 0.29) is 24.5 Å². The Hall–Kier alpha value is -4.01. The van der Waals surface area contributed by atoms with Crippen molar-refractivity contribution in [1.29, 1.82) is 0 Å². The largest absolute Gasteiger partial charge is 0.496 e. The molecule has 1 aliphatic rings. The van der Waals surface area contributed by atoms with E-state index in [1.54, 1.807) is 19.2 Å². The maximum atomic E-state index is 13.0. The Kier molecular flexibility index (Phi) is 9.57. The molecule has 1 aliphatic carbocycles. The summed E-state index contributed by atoms with van der Waals surface area (Å²) >= 11 is 0. The molecule has 9 nitrogen and oxygen atoms in total. The first-order valence-corrected chi connectivity index (χ1v) is 14.3. The highest BCUT2D eigenvalue weighted by molar-refractivity contribution is 5.95. The Morgan fingerprint density at radius 3 is 2.39 bits per heavy atom. The number of nitrogens with zero attached hydrogens (tertiary/aromatic N) is 1. The summed E-state index contributed by atoms with van der Waals surface area (Å²) in [7, 11) is 4.93. The lowest BCUT2D eigenvalue weighted by molar-refractivity contribution is -0.152. The number of hydrogen-bond acceptors (Lipinski definition) is 6. The van der Waals surface area contributed by atoms with Crippen LogP contribution in [0.25, 0.3) is 10.9 Å². The molecule has 3 aromatic rings. The summed E-state index contributed by atoms with van der Waals surface area (Å²) in [6.45, 7) is 4.02. The van der Waals surface area contributed by atoms with Gasteiger partial charge in [0.05, 0.1) is 19.6 Å². The molecule has 0 atom stereocenters. The molecule has 0 bridgehead atoms. The number of benzene rings is 2. The summed E-state index contributed by atoms with van der Waals surface area (Å²) in [4.78, 5) is 37.8. The number of esters is 1. The molecule has 1 aromatic heterocycles. The number of aryl methyl sites for hydroxylation is 1. The molecule has 0 spiro atoms. The van der Waals surface area contributed by atoms with Gasteiger partial charge in [0.2, 0.25) is 0 Å². The van der Waals surface area contributed by atoms with Crippen molar-refractivity contribution in [3.8, 4) is 5.75 Å². The molecule has 2 amide bonds. The van der Waals surface area contributed by atoms with Crippen LogP contribution in [0.4, 0.5) is 10.5 Å². The Bertz CT molecular complexity index is 1400. The van der Waals surface area contributed by atoms with E-state index in [2.05, 4.69) is 21.4 Å².